The Morgan fingerprint density at radius 2 is 2.11 bits per heavy atom. The molecule has 2 aliphatic heterocycles. The summed E-state index contributed by atoms with van der Waals surface area (Å²) in [6.07, 6.45) is 3.75. The van der Waals surface area contributed by atoms with Crippen LogP contribution < -0.4 is 11.5 Å². The van der Waals surface area contributed by atoms with E-state index in [1.807, 2.05) is 0 Å². The summed E-state index contributed by atoms with van der Waals surface area (Å²) in [5.41, 5.74) is 10.4. The third kappa shape index (κ3) is 2.84. The fourth-order valence-electron chi connectivity index (χ4n) is 3.41. The first-order valence-corrected chi connectivity index (χ1v) is 6.91. The van der Waals surface area contributed by atoms with Gasteiger partial charge in [0, 0.05) is 19.1 Å². The van der Waals surface area contributed by atoms with Crippen LogP contribution in [0.25, 0.3) is 0 Å². The van der Waals surface area contributed by atoms with Gasteiger partial charge in [-0.2, -0.15) is 0 Å². The highest BCUT2D eigenvalue weighted by Gasteiger charge is 2.37. The Morgan fingerprint density at radius 3 is 2.78 bits per heavy atom. The molecule has 0 aromatic rings. The number of rotatable bonds is 3. The number of fused-ring (bicyclic) bond motifs is 1. The van der Waals surface area contributed by atoms with E-state index in [2.05, 4.69) is 16.8 Å². The number of amides is 1. The predicted molar refractivity (Wildman–Crippen MR) is 72.0 cm³/mol. The lowest BCUT2D eigenvalue weighted by Crippen LogP contribution is -2.60. The maximum Gasteiger partial charge on any atom is 0.238 e. The monoisotopic (exact) mass is 254 g/mol. The van der Waals surface area contributed by atoms with Gasteiger partial charge in [-0.1, -0.05) is 0 Å². The number of hydrogen-bond donors (Lipinski definition) is 2. The predicted octanol–water partition coefficient (Wildman–Crippen LogP) is -0.395. The van der Waals surface area contributed by atoms with Gasteiger partial charge in [0.05, 0.1) is 0 Å². The van der Waals surface area contributed by atoms with Crippen LogP contribution in [0.15, 0.2) is 0 Å². The average Bonchev–Trinajstić information content (AvgIpc) is 2.28. The van der Waals surface area contributed by atoms with Crippen LogP contribution in [0.4, 0.5) is 0 Å². The minimum absolute atomic E-state index is 0.412. The number of likely N-dealkylation sites (tertiary alicyclic amines) is 2. The van der Waals surface area contributed by atoms with E-state index in [4.69, 9.17) is 11.5 Å². The zero-order valence-electron chi connectivity index (χ0n) is 11.6. The molecule has 2 fully saturated rings. The summed E-state index contributed by atoms with van der Waals surface area (Å²) in [6.45, 7) is 5.60. The summed E-state index contributed by atoms with van der Waals surface area (Å²) in [4.78, 5) is 16.1. The zero-order valence-corrected chi connectivity index (χ0v) is 11.6. The van der Waals surface area contributed by atoms with E-state index < -0.39 is 11.4 Å². The number of hydrogen-bond acceptors (Lipinski definition) is 4. The fraction of sp³-hybridized carbons (Fsp3) is 0.923. The Labute approximate surface area is 109 Å². The Hall–Kier alpha value is -0.650. The Kier molecular flexibility index (Phi) is 3.94. The Bertz CT molecular complexity index is 318. The Morgan fingerprint density at radius 1 is 1.39 bits per heavy atom. The van der Waals surface area contributed by atoms with Crippen molar-refractivity contribution in [3.63, 3.8) is 0 Å². The van der Waals surface area contributed by atoms with Gasteiger partial charge < -0.3 is 21.3 Å². The molecule has 1 amide bonds. The molecule has 4 N–H and O–H groups in total. The van der Waals surface area contributed by atoms with E-state index in [0.717, 1.165) is 19.0 Å². The molecule has 0 aromatic heterocycles. The second-order valence-corrected chi connectivity index (χ2v) is 6.26. The molecule has 104 valence electrons. The summed E-state index contributed by atoms with van der Waals surface area (Å²) in [5.74, 6) is 0.312. The van der Waals surface area contributed by atoms with Crippen LogP contribution in [0.2, 0.25) is 0 Å². The van der Waals surface area contributed by atoms with E-state index in [1.54, 1.807) is 6.92 Å². The van der Waals surface area contributed by atoms with Crippen LogP contribution in [-0.4, -0.2) is 60.5 Å². The zero-order chi connectivity index (χ0) is 13.3. The van der Waals surface area contributed by atoms with Gasteiger partial charge in [-0.05, 0) is 52.2 Å². The first-order valence-electron chi connectivity index (χ1n) is 6.91. The van der Waals surface area contributed by atoms with Gasteiger partial charge in [0.1, 0.15) is 5.54 Å². The van der Waals surface area contributed by atoms with Crippen molar-refractivity contribution in [2.75, 3.05) is 33.2 Å². The molecule has 0 aliphatic carbocycles. The highest BCUT2D eigenvalue weighted by atomic mass is 16.1. The lowest BCUT2D eigenvalue weighted by molar-refractivity contribution is -0.123. The van der Waals surface area contributed by atoms with Crippen LogP contribution in [-0.2, 0) is 4.79 Å². The third-order valence-electron chi connectivity index (χ3n) is 4.54. The van der Waals surface area contributed by atoms with Crippen molar-refractivity contribution >= 4 is 5.91 Å². The lowest BCUT2D eigenvalue weighted by Gasteiger charge is -2.47. The van der Waals surface area contributed by atoms with Crippen molar-refractivity contribution in [2.45, 2.75) is 37.8 Å². The number of piperidine rings is 2. The van der Waals surface area contributed by atoms with Gasteiger partial charge in [-0.25, -0.2) is 0 Å². The molecule has 18 heavy (non-hydrogen) atoms. The summed E-state index contributed by atoms with van der Waals surface area (Å²) in [7, 11) is 2.23. The summed E-state index contributed by atoms with van der Waals surface area (Å²) >= 11 is 0. The summed E-state index contributed by atoms with van der Waals surface area (Å²) in [6, 6.07) is 0.715. The SMILES string of the molecule is CN1CCCC2CN(CC(C)(N)C(N)=O)CCC21. The molecule has 2 aliphatic rings. The van der Waals surface area contributed by atoms with E-state index in [1.165, 1.54) is 25.8 Å². The first-order chi connectivity index (χ1) is 8.40. The molecule has 2 rings (SSSR count). The number of nitrogens with two attached hydrogens (primary N) is 2. The lowest BCUT2D eigenvalue weighted by atomic mass is 9.83. The van der Waals surface area contributed by atoms with Gasteiger partial charge in [0.25, 0.3) is 0 Å². The van der Waals surface area contributed by atoms with Crippen molar-refractivity contribution in [2.24, 2.45) is 17.4 Å². The molecular formula is C13H26N4O. The molecule has 0 saturated carbocycles. The van der Waals surface area contributed by atoms with E-state index in [-0.39, 0.29) is 0 Å². The van der Waals surface area contributed by atoms with Gasteiger partial charge in [0.2, 0.25) is 5.91 Å². The molecule has 3 atom stereocenters. The van der Waals surface area contributed by atoms with Gasteiger partial charge in [0.15, 0.2) is 0 Å². The maximum absolute atomic E-state index is 11.3. The van der Waals surface area contributed by atoms with E-state index >= 15 is 0 Å². The van der Waals surface area contributed by atoms with Crippen molar-refractivity contribution in [3.05, 3.63) is 0 Å². The van der Waals surface area contributed by atoms with Crippen LogP contribution in [0.5, 0.6) is 0 Å². The average molecular weight is 254 g/mol. The van der Waals surface area contributed by atoms with Crippen LogP contribution in [0, 0.1) is 5.92 Å². The minimum Gasteiger partial charge on any atom is -0.368 e. The minimum atomic E-state index is -0.909. The second kappa shape index (κ2) is 5.15. The smallest absolute Gasteiger partial charge is 0.238 e. The van der Waals surface area contributed by atoms with Gasteiger partial charge in [-0.15, -0.1) is 0 Å². The molecule has 0 radical (unpaired) electrons. The highest BCUT2D eigenvalue weighted by molar-refractivity contribution is 5.84. The maximum atomic E-state index is 11.3. The molecule has 0 aromatic carbocycles. The molecule has 3 unspecified atom stereocenters. The van der Waals surface area contributed by atoms with E-state index in [9.17, 15) is 4.79 Å². The molecule has 5 heteroatoms. The van der Waals surface area contributed by atoms with Crippen LogP contribution in [0.3, 0.4) is 0 Å². The fourth-order valence-corrected chi connectivity index (χ4v) is 3.41. The first kappa shape index (κ1) is 13.8. The molecule has 5 nitrogen and oxygen atoms in total. The second-order valence-electron chi connectivity index (χ2n) is 6.26. The van der Waals surface area contributed by atoms with Crippen molar-refractivity contribution in [1.82, 2.24) is 9.80 Å². The van der Waals surface area contributed by atoms with Crippen LogP contribution in [0.1, 0.15) is 26.2 Å². The number of carbonyl (C=O) groups excluding carboxylic acids is 1. The summed E-state index contributed by atoms with van der Waals surface area (Å²) in [5, 5.41) is 0. The molecule has 2 saturated heterocycles. The highest BCUT2D eigenvalue weighted by Crippen LogP contribution is 2.29. The van der Waals surface area contributed by atoms with Gasteiger partial charge in [-0.3, -0.25) is 4.79 Å². The Balaban J connectivity index is 1.93. The standard InChI is InChI=1S/C13H26N4O/c1-13(15,12(14)18)9-17-7-5-11-10(8-17)4-3-6-16(11)2/h10-11H,3-9,15H2,1-2H3,(H2,14,18). The molecule has 2 heterocycles. The number of primary amides is 1. The van der Waals surface area contributed by atoms with Crippen molar-refractivity contribution in [3.8, 4) is 0 Å². The summed E-state index contributed by atoms with van der Waals surface area (Å²) < 4.78 is 0. The quantitative estimate of drug-likeness (QED) is 0.719. The molecule has 0 bridgehead atoms. The van der Waals surface area contributed by atoms with Crippen LogP contribution >= 0.6 is 0 Å². The normalized spacial score (nSPS) is 33.7. The van der Waals surface area contributed by atoms with Crippen molar-refractivity contribution < 1.29 is 4.79 Å². The van der Waals surface area contributed by atoms with Crippen molar-refractivity contribution in [1.29, 1.82) is 0 Å². The number of carbonyl (C=O) groups is 1. The van der Waals surface area contributed by atoms with E-state index in [0.29, 0.717) is 12.6 Å². The molecule has 0 spiro atoms. The number of nitrogens with zero attached hydrogens (tertiary/aromatic N) is 2. The molecular weight excluding hydrogens is 228 g/mol. The topological polar surface area (TPSA) is 75.6 Å². The third-order valence-corrected chi connectivity index (χ3v) is 4.54. The largest absolute Gasteiger partial charge is 0.368 e. The van der Waals surface area contributed by atoms with Gasteiger partial charge >= 0.3 is 0 Å².